The number of benzene rings is 1. The molecule has 5 heteroatoms. The van der Waals surface area contributed by atoms with E-state index in [9.17, 15) is 9.90 Å². The van der Waals surface area contributed by atoms with Crippen molar-refractivity contribution in [2.45, 2.75) is 44.9 Å². The number of aliphatic hydroxyl groups excluding tert-OH is 1. The Balaban J connectivity index is 2.23. The van der Waals surface area contributed by atoms with Gasteiger partial charge < -0.3 is 9.84 Å². The first-order valence-corrected chi connectivity index (χ1v) is 7.50. The molecule has 1 fully saturated rings. The van der Waals surface area contributed by atoms with Gasteiger partial charge in [0.1, 0.15) is 5.60 Å². The van der Waals surface area contributed by atoms with E-state index in [0.717, 1.165) is 10.0 Å². The van der Waals surface area contributed by atoms with Crippen LogP contribution < -0.4 is 0 Å². The quantitative estimate of drug-likeness (QED) is 0.850. The smallest absolute Gasteiger partial charge is 0.410 e. The van der Waals surface area contributed by atoms with E-state index in [4.69, 9.17) is 4.74 Å². The average Bonchev–Trinajstić information content (AvgIpc) is 2.69. The summed E-state index contributed by atoms with van der Waals surface area (Å²) in [5, 5.41) is 10.2. The summed E-state index contributed by atoms with van der Waals surface area (Å²) in [6.45, 7) is 6.02. The molecule has 0 saturated carbocycles. The first kappa shape index (κ1) is 15.3. The van der Waals surface area contributed by atoms with E-state index < -0.39 is 11.7 Å². The molecule has 0 aliphatic carbocycles. The van der Waals surface area contributed by atoms with Crippen molar-refractivity contribution in [3.63, 3.8) is 0 Å². The summed E-state index contributed by atoms with van der Waals surface area (Å²) in [4.78, 5) is 13.9. The van der Waals surface area contributed by atoms with Crippen LogP contribution in [0.3, 0.4) is 0 Å². The number of carbonyl (C=O) groups excluding carboxylic acids is 1. The van der Waals surface area contributed by atoms with Gasteiger partial charge in [-0.05, 0) is 44.9 Å². The maximum Gasteiger partial charge on any atom is 0.410 e. The van der Waals surface area contributed by atoms with Crippen molar-refractivity contribution in [3.8, 4) is 0 Å². The van der Waals surface area contributed by atoms with Gasteiger partial charge in [-0.1, -0.05) is 28.1 Å². The third-order valence-electron chi connectivity index (χ3n) is 3.18. The number of hydrogen-bond acceptors (Lipinski definition) is 3. The molecule has 20 heavy (non-hydrogen) atoms. The monoisotopic (exact) mass is 341 g/mol. The van der Waals surface area contributed by atoms with Gasteiger partial charge in [0.2, 0.25) is 0 Å². The van der Waals surface area contributed by atoms with Crippen molar-refractivity contribution in [3.05, 3.63) is 34.3 Å². The zero-order valence-electron chi connectivity index (χ0n) is 12.0. The van der Waals surface area contributed by atoms with E-state index in [1.54, 1.807) is 4.90 Å². The molecule has 1 aliphatic heterocycles. The van der Waals surface area contributed by atoms with Crippen molar-refractivity contribution in [2.75, 3.05) is 6.54 Å². The molecule has 110 valence electrons. The first-order valence-electron chi connectivity index (χ1n) is 6.71. The molecule has 2 atom stereocenters. The van der Waals surface area contributed by atoms with E-state index in [1.165, 1.54) is 0 Å². The predicted molar refractivity (Wildman–Crippen MR) is 80.4 cm³/mol. The number of hydrogen-bond donors (Lipinski definition) is 1. The second kappa shape index (κ2) is 5.74. The van der Waals surface area contributed by atoms with Crippen molar-refractivity contribution >= 4 is 22.0 Å². The maximum atomic E-state index is 12.3. The highest BCUT2D eigenvalue weighted by molar-refractivity contribution is 9.10. The third kappa shape index (κ3) is 3.52. The van der Waals surface area contributed by atoms with E-state index >= 15 is 0 Å². The van der Waals surface area contributed by atoms with Crippen LogP contribution in [0.2, 0.25) is 0 Å². The topological polar surface area (TPSA) is 49.8 Å². The molecule has 1 amide bonds. The molecule has 0 unspecified atom stereocenters. The summed E-state index contributed by atoms with van der Waals surface area (Å²) in [6, 6.07) is 7.32. The molecule has 1 aromatic carbocycles. The van der Waals surface area contributed by atoms with Crippen LogP contribution in [-0.4, -0.2) is 34.3 Å². The molecule has 0 radical (unpaired) electrons. The van der Waals surface area contributed by atoms with Gasteiger partial charge in [-0.15, -0.1) is 0 Å². The van der Waals surface area contributed by atoms with Gasteiger partial charge in [0, 0.05) is 11.0 Å². The van der Waals surface area contributed by atoms with Crippen LogP contribution in [-0.2, 0) is 4.74 Å². The van der Waals surface area contributed by atoms with Gasteiger partial charge in [0.05, 0.1) is 12.1 Å². The normalized spacial score (nSPS) is 22.9. The van der Waals surface area contributed by atoms with E-state index in [-0.39, 0.29) is 12.1 Å². The fraction of sp³-hybridized carbons (Fsp3) is 0.533. The summed E-state index contributed by atoms with van der Waals surface area (Å²) >= 11 is 3.42. The summed E-state index contributed by atoms with van der Waals surface area (Å²) in [7, 11) is 0. The minimum Gasteiger partial charge on any atom is -0.444 e. The largest absolute Gasteiger partial charge is 0.444 e. The van der Waals surface area contributed by atoms with E-state index in [0.29, 0.717) is 13.0 Å². The molecule has 1 aliphatic rings. The van der Waals surface area contributed by atoms with Crippen LogP contribution in [0.4, 0.5) is 4.79 Å². The Hall–Kier alpha value is -1.07. The summed E-state index contributed by atoms with van der Waals surface area (Å²) < 4.78 is 6.35. The van der Waals surface area contributed by atoms with Gasteiger partial charge in [0.25, 0.3) is 0 Å². The lowest BCUT2D eigenvalue weighted by atomic mass is 10.0. The maximum absolute atomic E-state index is 12.3. The van der Waals surface area contributed by atoms with Gasteiger partial charge in [-0.2, -0.15) is 0 Å². The minimum absolute atomic E-state index is 0.345. The lowest BCUT2D eigenvalue weighted by Gasteiger charge is -2.29. The highest BCUT2D eigenvalue weighted by atomic mass is 79.9. The molecule has 1 N–H and O–H groups in total. The number of carbonyl (C=O) groups is 1. The fourth-order valence-corrected chi connectivity index (χ4v) is 2.81. The Bertz CT molecular complexity index is 498. The van der Waals surface area contributed by atoms with Crippen molar-refractivity contribution in [2.24, 2.45) is 0 Å². The van der Waals surface area contributed by atoms with Crippen molar-refractivity contribution < 1.29 is 14.6 Å². The number of likely N-dealkylation sites (tertiary alicyclic amines) is 1. The highest BCUT2D eigenvalue weighted by Gasteiger charge is 2.39. The first-order chi connectivity index (χ1) is 9.28. The van der Waals surface area contributed by atoms with Crippen LogP contribution in [0.1, 0.15) is 38.8 Å². The van der Waals surface area contributed by atoms with Crippen LogP contribution in [0.25, 0.3) is 0 Å². The summed E-state index contributed by atoms with van der Waals surface area (Å²) in [6.07, 6.45) is -0.369. The van der Waals surface area contributed by atoms with Crippen LogP contribution in [0.5, 0.6) is 0 Å². The van der Waals surface area contributed by atoms with Crippen LogP contribution in [0, 0.1) is 0 Å². The number of ether oxygens (including phenoxy) is 1. The molecular formula is C15H20BrNO3. The molecule has 1 saturated heterocycles. The third-order valence-corrected chi connectivity index (χ3v) is 3.68. The van der Waals surface area contributed by atoms with Crippen LogP contribution in [0.15, 0.2) is 28.7 Å². The molecule has 1 heterocycles. The van der Waals surface area contributed by atoms with Crippen molar-refractivity contribution in [1.82, 2.24) is 4.90 Å². The number of aliphatic hydroxyl groups is 1. The number of nitrogens with zero attached hydrogens (tertiary/aromatic N) is 1. The van der Waals surface area contributed by atoms with Crippen LogP contribution >= 0.6 is 15.9 Å². The molecule has 2 rings (SSSR count). The van der Waals surface area contributed by atoms with Crippen molar-refractivity contribution in [1.29, 1.82) is 0 Å². The van der Waals surface area contributed by atoms with E-state index in [1.807, 2.05) is 45.0 Å². The average molecular weight is 342 g/mol. The zero-order chi connectivity index (χ0) is 14.9. The molecule has 0 bridgehead atoms. The number of halogens is 1. The summed E-state index contributed by atoms with van der Waals surface area (Å²) in [5.74, 6) is 0. The Kier molecular flexibility index (Phi) is 4.39. The molecule has 4 nitrogen and oxygen atoms in total. The molecular weight excluding hydrogens is 322 g/mol. The predicted octanol–water partition coefficient (Wildman–Crippen LogP) is 3.49. The molecule has 1 aromatic rings. The zero-order valence-corrected chi connectivity index (χ0v) is 13.6. The van der Waals surface area contributed by atoms with E-state index in [2.05, 4.69) is 15.9 Å². The molecule has 0 aromatic heterocycles. The Morgan fingerprint density at radius 1 is 1.45 bits per heavy atom. The fourth-order valence-electron chi connectivity index (χ4n) is 2.39. The second-order valence-electron chi connectivity index (χ2n) is 6.03. The Morgan fingerprint density at radius 3 is 2.75 bits per heavy atom. The number of rotatable bonds is 1. The molecule has 0 spiro atoms. The lowest BCUT2D eigenvalue weighted by Crippen LogP contribution is -2.38. The second-order valence-corrected chi connectivity index (χ2v) is 6.95. The van der Waals surface area contributed by atoms with Gasteiger partial charge in [-0.25, -0.2) is 4.79 Å². The standard InChI is InChI=1S/C15H20BrNO3/c1-15(2,3)20-14(19)17-8-7-12(18)13(17)10-5-4-6-11(16)9-10/h4-6,9,12-13,18H,7-8H2,1-3H3/t12-,13-/m1/s1. The SMILES string of the molecule is CC(C)(C)OC(=O)N1CC[C@@H](O)[C@H]1c1cccc(Br)c1. The Labute approximate surface area is 127 Å². The minimum atomic E-state index is -0.559. The Morgan fingerprint density at radius 2 is 2.15 bits per heavy atom. The number of amides is 1. The highest BCUT2D eigenvalue weighted by Crippen LogP contribution is 2.34. The van der Waals surface area contributed by atoms with Gasteiger partial charge >= 0.3 is 6.09 Å². The van der Waals surface area contributed by atoms with Gasteiger partial charge in [-0.3, -0.25) is 4.90 Å². The lowest BCUT2D eigenvalue weighted by molar-refractivity contribution is 0.0152. The van der Waals surface area contributed by atoms with Gasteiger partial charge in [0.15, 0.2) is 0 Å². The summed E-state index contributed by atoms with van der Waals surface area (Å²) in [5.41, 5.74) is 0.377.